The van der Waals surface area contributed by atoms with Crippen molar-refractivity contribution in [1.29, 1.82) is 0 Å². The Morgan fingerprint density at radius 3 is 2.74 bits per heavy atom. The number of nitrogens with one attached hydrogen (secondary N) is 2. The van der Waals surface area contributed by atoms with Crippen LogP contribution in [0, 0.1) is 0 Å². The highest BCUT2D eigenvalue weighted by Gasteiger charge is 2.33. The molecule has 2 aromatic carbocycles. The summed E-state index contributed by atoms with van der Waals surface area (Å²) in [7, 11) is 0. The van der Waals surface area contributed by atoms with Crippen molar-refractivity contribution in [3.63, 3.8) is 0 Å². The van der Waals surface area contributed by atoms with Crippen LogP contribution in [0.25, 0.3) is 10.8 Å². The van der Waals surface area contributed by atoms with Crippen LogP contribution in [0.4, 0.5) is 0 Å². The number of fused-ring (bicyclic) bond motifs is 1. The third kappa shape index (κ3) is 7.18. The first-order chi connectivity index (χ1) is 14.7. The minimum atomic E-state index is -0.383. The Morgan fingerprint density at radius 1 is 1.10 bits per heavy atom. The molecule has 1 atom stereocenters. The number of carbonyl (C=O) groups is 2. The van der Waals surface area contributed by atoms with Crippen LogP contribution in [0.2, 0.25) is 0 Å². The molecule has 0 aromatic heterocycles. The fourth-order valence-corrected chi connectivity index (χ4v) is 3.92. The molecular weight excluding hydrogens is 416 g/mol. The highest BCUT2D eigenvalue weighted by molar-refractivity contribution is 5.89. The molecule has 31 heavy (non-hydrogen) atoms. The van der Waals surface area contributed by atoms with Crippen molar-refractivity contribution in [3.05, 3.63) is 48.0 Å². The van der Waals surface area contributed by atoms with Crippen molar-refractivity contribution < 1.29 is 14.3 Å². The predicted octanol–water partition coefficient (Wildman–Crippen LogP) is 1.48. The van der Waals surface area contributed by atoms with Gasteiger partial charge in [0.15, 0.2) is 0 Å². The van der Waals surface area contributed by atoms with Crippen LogP contribution in [-0.4, -0.2) is 68.7 Å². The number of hydrogen-bond donors (Lipinski definition) is 3. The van der Waals surface area contributed by atoms with E-state index in [9.17, 15) is 9.59 Å². The van der Waals surface area contributed by atoms with E-state index in [0.29, 0.717) is 45.8 Å². The maximum atomic E-state index is 12.6. The molecule has 7 nitrogen and oxygen atoms in total. The fourth-order valence-electron chi connectivity index (χ4n) is 3.92. The molecule has 0 saturated carbocycles. The molecule has 1 aliphatic heterocycles. The first-order valence-electron chi connectivity index (χ1n) is 10.7. The summed E-state index contributed by atoms with van der Waals surface area (Å²) in [6.45, 7) is 3.39. The number of halogens is 1. The summed E-state index contributed by atoms with van der Waals surface area (Å²) in [4.78, 5) is 26.8. The number of likely N-dealkylation sites (tertiary alicyclic amines) is 1. The molecule has 0 aliphatic carbocycles. The van der Waals surface area contributed by atoms with E-state index in [1.165, 1.54) is 16.3 Å². The molecule has 0 spiro atoms. The Hall–Kier alpha value is -2.19. The molecule has 1 saturated heterocycles. The van der Waals surface area contributed by atoms with Gasteiger partial charge in [0.05, 0.1) is 19.8 Å². The molecule has 0 bridgehead atoms. The molecule has 1 fully saturated rings. The molecule has 0 unspecified atom stereocenters. The lowest BCUT2D eigenvalue weighted by atomic mass is 10.0. The fraction of sp³-hybridized carbons (Fsp3) is 0.478. The number of nitrogens with two attached hydrogens (primary N) is 1. The second-order valence-corrected chi connectivity index (χ2v) is 7.50. The van der Waals surface area contributed by atoms with Crippen molar-refractivity contribution in [2.75, 3.05) is 45.9 Å². The summed E-state index contributed by atoms with van der Waals surface area (Å²) in [6.07, 6.45) is 2.40. The zero-order valence-corrected chi connectivity index (χ0v) is 18.7. The van der Waals surface area contributed by atoms with E-state index in [2.05, 4.69) is 41.0 Å². The first kappa shape index (κ1) is 25.1. The summed E-state index contributed by atoms with van der Waals surface area (Å²) in [6, 6.07) is 14.2. The van der Waals surface area contributed by atoms with Gasteiger partial charge in [0.2, 0.25) is 11.8 Å². The maximum Gasteiger partial charge on any atom is 0.242 e. The Bertz CT molecular complexity index is 843. The largest absolute Gasteiger partial charge is 0.378 e. The van der Waals surface area contributed by atoms with Gasteiger partial charge in [-0.15, -0.1) is 12.4 Å². The average Bonchev–Trinajstić information content (AvgIpc) is 3.26. The normalized spacial score (nSPS) is 15.6. The van der Waals surface area contributed by atoms with E-state index < -0.39 is 0 Å². The number of ether oxygens (including phenoxy) is 1. The van der Waals surface area contributed by atoms with Crippen molar-refractivity contribution in [1.82, 2.24) is 15.5 Å². The quantitative estimate of drug-likeness (QED) is 0.452. The number of hydrogen-bond acceptors (Lipinski definition) is 5. The van der Waals surface area contributed by atoms with E-state index in [1.54, 1.807) is 4.90 Å². The summed E-state index contributed by atoms with van der Waals surface area (Å²) in [5.74, 6) is -0.127. The van der Waals surface area contributed by atoms with Gasteiger partial charge in [-0.3, -0.25) is 9.59 Å². The summed E-state index contributed by atoms with van der Waals surface area (Å²) in [5, 5.41) is 8.58. The molecular formula is C23H33ClN4O3. The van der Waals surface area contributed by atoms with Gasteiger partial charge >= 0.3 is 0 Å². The summed E-state index contributed by atoms with van der Waals surface area (Å²) >= 11 is 0. The molecule has 0 radical (unpaired) electrons. The number of rotatable bonds is 11. The number of amides is 2. The molecule has 3 rings (SSSR count). The zero-order chi connectivity index (χ0) is 21.2. The van der Waals surface area contributed by atoms with E-state index in [0.717, 1.165) is 12.8 Å². The molecule has 1 aliphatic rings. The topological polar surface area (TPSA) is 96.7 Å². The smallest absolute Gasteiger partial charge is 0.242 e. The van der Waals surface area contributed by atoms with Crippen LogP contribution in [0.15, 0.2) is 42.5 Å². The van der Waals surface area contributed by atoms with E-state index in [-0.39, 0.29) is 36.8 Å². The van der Waals surface area contributed by atoms with Crippen molar-refractivity contribution >= 4 is 35.0 Å². The number of benzene rings is 2. The van der Waals surface area contributed by atoms with Gasteiger partial charge in [0.25, 0.3) is 0 Å². The Labute approximate surface area is 190 Å². The Balaban J connectivity index is 0.00000341. The standard InChI is InChI=1S/C23H32N4O3.ClH/c24-11-15-30-16-13-26-23(29)21-9-4-14-27(21)22(28)17-25-12-10-19-7-3-6-18-5-1-2-8-20(18)19;/h1-3,5-8,21,25H,4,9-17,24H2,(H,26,29);1H/t21-;/m0./s1. The van der Waals surface area contributed by atoms with Crippen LogP contribution in [0.5, 0.6) is 0 Å². The molecule has 1 heterocycles. The van der Waals surface area contributed by atoms with Gasteiger partial charge in [-0.2, -0.15) is 0 Å². The lowest BCUT2D eigenvalue weighted by molar-refractivity contribution is -0.137. The van der Waals surface area contributed by atoms with E-state index in [1.807, 2.05) is 12.1 Å². The van der Waals surface area contributed by atoms with Crippen LogP contribution in [-0.2, 0) is 20.7 Å². The van der Waals surface area contributed by atoms with E-state index in [4.69, 9.17) is 10.5 Å². The van der Waals surface area contributed by atoms with Gasteiger partial charge in [-0.25, -0.2) is 0 Å². The molecule has 2 aromatic rings. The highest BCUT2D eigenvalue weighted by Crippen LogP contribution is 2.19. The second-order valence-electron chi connectivity index (χ2n) is 7.50. The van der Waals surface area contributed by atoms with Gasteiger partial charge in [-0.05, 0) is 42.1 Å². The van der Waals surface area contributed by atoms with Crippen LogP contribution < -0.4 is 16.4 Å². The van der Waals surface area contributed by atoms with Crippen molar-refractivity contribution in [2.45, 2.75) is 25.3 Å². The monoisotopic (exact) mass is 448 g/mol. The van der Waals surface area contributed by atoms with Gasteiger partial charge < -0.3 is 26.0 Å². The second kappa shape index (κ2) is 13.3. The third-order valence-corrected chi connectivity index (χ3v) is 5.41. The third-order valence-electron chi connectivity index (χ3n) is 5.41. The lowest BCUT2D eigenvalue weighted by Gasteiger charge is -2.24. The van der Waals surface area contributed by atoms with Crippen LogP contribution in [0.1, 0.15) is 18.4 Å². The van der Waals surface area contributed by atoms with Crippen molar-refractivity contribution in [2.24, 2.45) is 5.73 Å². The summed E-state index contributed by atoms with van der Waals surface area (Å²) < 4.78 is 5.27. The maximum absolute atomic E-state index is 12.6. The average molecular weight is 449 g/mol. The molecule has 4 N–H and O–H groups in total. The minimum absolute atomic E-state index is 0. The number of nitrogens with zero attached hydrogens (tertiary/aromatic N) is 1. The van der Waals surface area contributed by atoms with Crippen molar-refractivity contribution in [3.8, 4) is 0 Å². The molecule has 8 heteroatoms. The highest BCUT2D eigenvalue weighted by atomic mass is 35.5. The SMILES string of the molecule is Cl.NCCOCCNC(=O)[C@@H]1CCCN1C(=O)CNCCc1cccc2ccccc12. The van der Waals surface area contributed by atoms with Crippen LogP contribution in [0.3, 0.4) is 0 Å². The Kier molecular flexibility index (Phi) is 10.7. The molecule has 2 amide bonds. The van der Waals surface area contributed by atoms with Gasteiger partial charge in [0, 0.05) is 19.6 Å². The molecule has 170 valence electrons. The number of carbonyl (C=O) groups excluding carboxylic acids is 2. The Morgan fingerprint density at radius 2 is 1.90 bits per heavy atom. The minimum Gasteiger partial charge on any atom is -0.378 e. The zero-order valence-electron chi connectivity index (χ0n) is 17.8. The van der Waals surface area contributed by atoms with E-state index >= 15 is 0 Å². The predicted molar refractivity (Wildman–Crippen MR) is 125 cm³/mol. The van der Waals surface area contributed by atoms with Gasteiger partial charge in [0.1, 0.15) is 6.04 Å². The lowest BCUT2D eigenvalue weighted by Crippen LogP contribution is -2.49. The van der Waals surface area contributed by atoms with Crippen LogP contribution >= 0.6 is 12.4 Å². The first-order valence-corrected chi connectivity index (χ1v) is 10.7. The summed E-state index contributed by atoms with van der Waals surface area (Å²) in [5.41, 5.74) is 6.63. The van der Waals surface area contributed by atoms with Gasteiger partial charge in [-0.1, -0.05) is 42.5 Å².